The average molecular weight is 249 g/mol. The quantitative estimate of drug-likeness (QED) is 0.297. The van der Waals surface area contributed by atoms with Gasteiger partial charge in [0.2, 0.25) is 0 Å². The summed E-state index contributed by atoms with van der Waals surface area (Å²) in [5.41, 5.74) is 0. The average Bonchev–Trinajstić information content (AvgIpc) is 1.86. The molecule has 8 heteroatoms. The Morgan fingerprint density at radius 3 is 0.714 bits per heavy atom. The fraction of sp³-hybridized carbons (Fsp3) is 1.00. The Bertz CT molecular complexity index is 99.5. The summed E-state index contributed by atoms with van der Waals surface area (Å²) in [5, 5.41) is 8.25. The Morgan fingerprint density at radius 1 is 0.714 bits per heavy atom. The zero-order valence-electron chi connectivity index (χ0n) is 9.70. The molecular formula is C6H24N3O3PS. The maximum absolute atomic E-state index is 7.56. The van der Waals surface area contributed by atoms with Gasteiger partial charge in [-0.2, -0.15) is 0 Å². The fourth-order valence-corrected chi connectivity index (χ4v) is 0. The lowest BCUT2D eigenvalue weighted by atomic mass is 11.3. The highest BCUT2D eigenvalue weighted by Crippen LogP contribution is 2.26. The monoisotopic (exact) mass is 249 g/mol. The van der Waals surface area contributed by atoms with E-state index in [1.165, 1.54) is 0 Å². The Hall–Kier alpha value is 0.410. The molecule has 0 bridgehead atoms. The zero-order chi connectivity index (χ0) is 12.6. The molecule has 0 amide bonds. The first kappa shape index (κ1) is 23.9. The highest BCUT2D eigenvalue weighted by molar-refractivity contribution is 8.06. The van der Waals surface area contributed by atoms with E-state index in [2.05, 4.69) is 27.8 Å². The molecule has 0 aromatic rings. The molecule has 0 saturated carbocycles. The van der Waals surface area contributed by atoms with Gasteiger partial charge in [-0.3, -0.25) is 0 Å². The van der Waals surface area contributed by atoms with Crippen LogP contribution >= 0.6 is 6.72 Å². The number of nitrogens with one attached hydrogen (secondary N) is 3. The molecule has 0 rings (SSSR count). The van der Waals surface area contributed by atoms with Crippen molar-refractivity contribution in [2.75, 3.05) is 42.3 Å². The molecule has 0 spiro atoms. The van der Waals surface area contributed by atoms with Crippen LogP contribution in [-0.4, -0.2) is 57.0 Å². The van der Waals surface area contributed by atoms with Gasteiger partial charge in [0.1, 0.15) is 0 Å². The maximum Gasteiger partial charge on any atom is 0.319 e. The highest BCUT2D eigenvalue weighted by Gasteiger charge is 1.92. The standard InChI is InChI=1S/3C2H7N.H3O3PS/c3*1-3-2;1-4(2,3)5/h3*3H,1-2H3;(H3,1,2,3,5). The summed E-state index contributed by atoms with van der Waals surface area (Å²) in [6, 6.07) is 0. The molecule has 0 saturated heterocycles. The van der Waals surface area contributed by atoms with Crippen molar-refractivity contribution in [2.24, 2.45) is 0 Å². The van der Waals surface area contributed by atoms with Crippen molar-refractivity contribution in [2.45, 2.75) is 0 Å². The Balaban J connectivity index is -0.0000000495. The van der Waals surface area contributed by atoms with Gasteiger partial charge in [0.15, 0.2) is 0 Å². The van der Waals surface area contributed by atoms with Crippen molar-refractivity contribution in [1.29, 1.82) is 0 Å². The van der Waals surface area contributed by atoms with E-state index >= 15 is 0 Å². The molecule has 0 atom stereocenters. The van der Waals surface area contributed by atoms with Crippen molar-refractivity contribution in [3.05, 3.63) is 0 Å². The van der Waals surface area contributed by atoms with Gasteiger partial charge in [0.25, 0.3) is 0 Å². The first-order chi connectivity index (χ1) is 6.24. The molecule has 0 aromatic heterocycles. The van der Waals surface area contributed by atoms with Gasteiger partial charge in [0, 0.05) is 0 Å². The van der Waals surface area contributed by atoms with Gasteiger partial charge in [-0.15, -0.1) is 0 Å². The van der Waals surface area contributed by atoms with Gasteiger partial charge < -0.3 is 30.6 Å². The van der Waals surface area contributed by atoms with Gasteiger partial charge in [-0.1, -0.05) is 0 Å². The first-order valence-electron chi connectivity index (χ1n) is 3.78. The van der Waals surface area contributed by atoms with Crippen molar-refractivity contribution in [3.8, 4) is 0 Å². The van der Waals surface area contributed by atoms with Crippen molar-refractivity contribution in [3.63, 3.8) is 0 Å². The predicted octanol–water partition coefficient (Wildman–Crippen LogP) is -1.31. The van der Waals surface area contributed by atoms with Crippen LogP contribution in [0.2, 0.25) is 0 Å². The van der Waals surface area contributed by atoms with Gasteiger partial charge >= 0.3 is 6.72 Å². The van der Waals surface area contributed by atoms with Gasteiger partial charge in [0.05, 0.1) is 0 Å². The third-order valence-corrected chi connectivity index (χ3v) is 0. The number of rotatable bonds is 0. The molecule has 92 valence electrons. The zero-order valence-corrected chi connectivity index (χ0v) is 11.4. The number of hydrogen-bond donors (Lipinski definition) is 6. The smallest absolute Gasteiger partial charge is 0.319 e. The minimum atomic E-state index is -3.81. The second-order valence-corrected chi connectivity index (χ2v) is 4.51. The van der Waals surface area contributed by atoms with Crippen LogP contribution in [0.4, 0.5) is 0 Å². The van der Waals surface area contributed by atoms with Crippen LogP contribution in [0.3, 0.4) is 0 Å². The van der Waals surface area contributed by atoms with Gasteiger partial charge in [-0.05, 0) is 54.1 Å². The van der Waals surface area contributed by atoms with Crippen LogP contribution in [0.5, 0.6) is 0 Å². The Kier molecular flexibility index (Phi) is 39.8. The predicted molar refractivity (Wildman–Crippen MR) is 65.9 cm³/mol. The second-order valence-electron chi connectivity index (χ2n) is 2.01. The normalized spacial score (nSPS) is 8.07. The van der Waals surface area contributed by atoms with Crippen LogP contribution in [0, 0.1) is 0 Å². The third kappa shape index (κ3) is 9610. The first-order valence-corrected chi connectivity index (χ1v) is 6.44. The summed E-state index contributed by atoms with van der Waals surface area (Å²) in [5.74, 6) is 0. The molecular weight excluding hydrogens is 225 g/mol. The molecule has 0 radical (unpaired) electrons. The van der Waals surface area contributed by atoms with Crippen LogP contribution in [-0.2, 0) is 11.8 Å². The maximum atomic E-state index is 7.56. The minimum absolute atomic E-state index is 1.88. The SMILES string of the molecule is CNC.CNC.CNC.OP(O)(O)=S. The van der Waals surface area contributed by atoms with E-state index in [1.54, 1.807) is 0 Å². The molecule has 14 heavy (non-hydrogen) atoms. The molecule has 0 fully saturated rings. The van der Waals surface area contributed by atoms with Gasteiger partial charge in [-0.25, -0.2) is 0 Å². The molecule has 0 aliphatic rings. The lowest BCUT2D eigenvalue weighted by Crippen LogP contribution is -1.89. The lowest BCUT2D eigenvalue weighted by Gasteiger charge is -1.88. The molecule has 0 unspecified atom stereocenters. The molecule has 6 nitrogen and oxygen atoms in total. The number of hydrogen-bond acceptors (Lipinski definition) is 4. The Labute approximate surface area is 92.0 Å². The van der Waals surface area contributed by atoms with Crippen LogP contribution in [0.15, 0.2) is 0 Å². The van der Waals surface area contributed by atoms with E-state index < -0.39 is 6.72 Å². The largest absolute Gasteiger partial charge is 0.325 e. The second kappa shape index (κ2) is 23.3. The van der Waals surface area contributed by atoms with E-state index in [9.17, 15) is 0 Å². The van der Waals surface area contributed by atoms with Crippen LogP contribution in [0.25, 0.3) is 0 Å². The van der Waals surface area contributed by atoms with E-state index in [4.69, 9.17) is 14.7 Å². The summed E-state index contributed by atoms with van der Waals surface area (Å²) in [7, 11) is 11.2. The van der Waals surface area contributed by atoms with Crippen molar-refractivity contribution < 1.29 is 14.7 Å². The summed E-state index contributed by atoms with van der Waals surface area (Å²) in [6.45, 7) is -3.81. The topological polar surface area (TPSA) is 96.8 Å². The van der Waals surface area contributed by atoms with E-state index in [-0.39, 0.29) is 0 Å². The summed E-state index contributed by atoms with van der Waals surface area (Å²) in [4.78, 5) is 22.7. The molecule has 0 aliphatic carbocycles. The fourth-order valence-electron chi connectivity index (χ4n) is 0. The molecule has 0 aliphatic heterocycles. The van der Waals surface area contributed by atoms with E-state index in [0.717, 1.165) is 0 Å². The highest BCUT2D eigenvalue weighted by atomic mass is 32.5. The van der Waals surface area contributed by atoms with Crippen LogP contribution in [0.1, 0.15) is 0 Å². The van der Waals surface area contributed by atoms with Crippen LogP contribution < -0.4 is 16.0 Å². The lowest BCUT2D eigenvalue weighted by molar-refractivity contribution is 0.363. The van der Waals surface area contributed by atoms with E-state index in [1.807, 2.05) is 42.3 Å². The molecule has 0 heterocycles. The van der Waals surface area contributed by atoms with E-state index in [0.29, 0.717) is 0 Å². The third-order valence-electron chi connectivity index (χ3n) is 0. The minimum Gasteiger partial charge on any atom is -0.325 e. The summed E-state index contributed by atoms with van der Waals surface area (Å²) >= 11 is 3.60. The van der Waals surface area contributed by atoms with Crippen molar-refractivity contribution in [1.82, 2.24) is 16.0 Å². The van der Waals surface area contributed by atoms with Crippen molar-refractivity contribution >= 4 is 18.5 Å². The Morgan fingerprint density at radius 2 is 0.714 bits per heavy atom. The molecule has 6 N–H and O–H groups in total. The summed E-state index contributed by atoms with van der Waals surface area (Å²) < 4.78 is 0. The molecule has 0 aromatic carbocycles. The summed E-state index contributed by atoms with van der Waals surface area (Å²) in [6.07, 6.45) is 0.